The third-order valence-electron chi connectivity index (χ3n) is 5.90. The van der Waals surface area contributed by atoms with Gasteiger partial charge in [0.05, 0.1) is 11.3 Å². The van der Waals surface area contributed by atoms with E-state index in [-0.39, 0.29) is 18.2 Å². The van der Waals surface area contributed by atoms with E-state index in [1.54, 1.807) is 18.2 Å². The first-order valence-corrected chi connectivity index (χ1v) is 10.8. The fraction of sp³-hybridized carbons (Fsp3) is 0.269. The molecule has 2 aromatic carbocycles. The van der Waals surface area contributed by atoms with Gasteiger partial charge in [-0.2, -0.15) is 13.2 Å². The molecule has 1 aromatic heterocycles. The highest BCUT2D eigenvalue weighted by atomic mass is 19.4. The first-order valence-electron chi connectivity index (χ1n) is 10.8. The van der Waals surface area contributed by atoms with Gasteiger partial charge in [0.2, 0.25) is 0 Å². The van der Waals surface area contributed by atoms with E-state index in [1.807, 2.05) is 14.0 Å². The zero-order chi connectivity index (χ0) is 24.5. The van der Waals surface area contributed by atoms with Crippen molar-refractivity contribution in [3.63, 3.8) is 0 Å². The van der Waals surface area contributed by atoms with Crippen molar-refractivity contribution in [2.75, 3.05) is 20.1 Å². The molecule has 0 fully saturated rings. The topological polar surface area (TPSA) is 34.5 Å². The van der Waals surface area contributed by atoms with E-state index in [2.05, 4.69) is 4.90 Å². The molecule has 0 saturated carbocycles. The van der Waals surface area contributed by atoms with Crippen LogP contribution in [-0.2, 0) is 12.8 Å². The molecule has 8 heteroatoms. The van der Waals surface area contributed by atoms with Gasteiger partial charge in [0.1, 0.15) is 18.2 Å². The van der Waals surface area contributed by atoms with E-state index in [9.17, 15) is 22.4 Å². The summed E-state index contributed by atoms with van der Waals surface area (Å²) >= 11 is 0. The minimum atomic E-state index is -4.40. The molecule has 0 amide bonds. The summed E-state index contributed by atoms with van der Waals surface area (Å²) in [6.45, 7) is 3.67. The van der Waals surface area contributed by atoms with Gasteiger partial charge in [-0.05, 0) is 67.9 Å². The largest absolute Gasteiger partial charge is 0.489 e. The summed E-state index contributed by atoms with van der Waals surface area (Å²) in [7, 11) is 2.03. The second-order valence-corrected chi connectivity index (χ2v) is 8.46. The van der Waals surface area contributed by atoms with Crippen molar-refractivity contribution in [1.82, 2.24) is 9.47 Å². The monoisotopic (exact) mass is 472 g/mol. The van der Waals surface area contributed by atoms with Gasteiger partial charge in [0.25, 0.3) is 5.56 Å². The number of hydrogen-bond acceptors (Lipinski definition) is 3. The molecular weight excluding hydrogens is 448 g/mol. The maximum atomic E-state index is 15.0. The third kappa shape index (κ3) is 5.22. The fourth-order valence-electron chi connectivity index (χ4n) is 4.08. The number of nitrogens with zero attached hydrogens (tertiary/aromatic N) is 2. The van der Waals surface area contributed by atoms with Gasteiger partial charge in [-0.3, -0.25) is 9.36 Å². The number of rotatable bonds is 5. The number of likely N-dealkylation sites (N-methyl/N-ethyl adjacent to an activating group) is 1. The lowest BCUT2D eigenvalue weighted by Crippen LogP contribution is -2.26. The Morgan fingerprint density at radius 1 is 1.03 bits per heavy atom. The van der Waals surface area contributed by atoms with Gasteiger partial charge in [0.15, 0.2) is 0 Å². The van der Waals surface area contributed by atoms with Crippen molar-refractivity contribution in [3.8, 4) is 11.4 Å². The molecule has 0 unspecified atom stereocenters. The molecule has 0 radical (unpaired) electrons. The molecule has 1 aliphatic rings. The molecule has 0 spiro atoms. The molecule has 0 bridgehead atoms. The van der Waals surface area contributed by atoms with Crippen LogP contribution in [0.1, 0.15) is 30.0 Å². The Kier molecular flexibility index (Phi) is 6.61. The van der Waals surface area contributed by atoms with Gasteiger partial charge < -0.3 is 9.64 Å². The highest BCUT2D eigenvalue weighted by Crippen LogP contribution is 2.30. The molecule has 0 atom stereocenters. The van der Waals surface area contributed by atoms with Crippen LogP contribution in [0.3, 0.4) is 0 Å². The number of benzene rings is 2. The van der Waals surface area contributed by atoms with Crippen LogP contribution in [0.4, 0.5) is 17.6 Å². The summed E-state index contributed by atoms with van der Waals surface area (Å²) in [5, 5.41) is 0. The SMILES string of the molecule is CC1=C(c2ccc(-n3ccc(OCc4ccc(C(F)(F)F)cc4)cc3=O)cc2F)CCN(C)C1. The van der Waals surface area contributed by atoms with Gasteiger partial charge >= 0.3 is 6.18 Å². The Balaban J connectivity index is 1.48. The summed E-state index contributed by atoms with van der Waals surface area (Å²) in [6, 6.07) is 12.2. The van der Waals surface area contributed by atoms with Gasteiger partial charge in [-0.25, -0.2) is 4.39 Å². The van der Waals surface area contributed by atoms with Crippen LogP contribution in [0.15, 0.2) is 71.2 Å². The molecule has 2 heterocycles. The van der Waals surface area contributed by atoms with Gasteiger partial charge in [-0.15, -0.1) is 0 Å². The van der Waals surface area contributed by atoms with Crippen LogP contribution in [0, 0.1) is 5.82 Å². The van der Waals surface area contributed by atoms with Crippen molar-refractivity contribution < 1.29 is 22.3 Å². The Bertz CT molecular complexity index is 1280. The highest BCUT2D eigenvalue weighted by molar-refractivity contribution is 5.70. The Hall–Kier alpha value is -3.39. The van der Waals surface area contributed by atoms with Crippen molar-refractivity contribution in [2.45, 2.75) is 26.1 Å². The van der Waals surface area contributed by atoms with Gasteiger partial charge in [0, 0.05) is 30.9 Å². The summed E-state index contributed by atoms with van der Waals surface area (Å²) in [5.41, 5.74) is 2.47. The second-order valence-electron chi connectivity index (χ2n) is 8.46. The summed E-state index contributed by atoms with van der Waals surface area (Å²) in [4.78, 5) is 14.8. The zero-order valence-corrected chi connectivity index (χ0v) is 18.8. The van der Waals surface area contributed by atoms with Crippen LogP contribution < -0.4 is 10.3 Å². The van der Waals surface area contributed by atoms with Crippen molar-refractivity contribution >= 4 is 5.57 Å². The van der Waals surface area contributed by atoms with Crippen molar-refractivity contribution in [2.24, 2.45) is 0 Å². The summed E-state index contributed by atoms with van der Waals surface area (Å²) < 4.78 is 59.8. The van der Waals surface area contributed by atoms with Crippen LogP contribution in [0.2, 0.25) is 0 Å². The van der Waals surface area contributed by atoms with Crippen molar-refractivity contribution in [1.29, 1.82) is 0 Å². The predicted molar refractivity (Wildman–Crippen MR) is 122 cm³/mol. The minimum Gasteiger partial charge on any atom is -0.489 e. The fourth-order valence-corrected chi connectivity index (χ4v) is 4.08. The highest BCUT2D eigenvalue weighted by Gasteiger charge is 2.29. The van der Waals surface area contributed by atoms with E-state index >= 15 is 0 Å². The lowest BCUT2D eigenvalue weighted by atomic mass is 9.94. The number of hydrogen-bond donors (Lipinski definition) is 0. The first kappa shape index (κ1) is 23.8. The average molecular weight is 472 g/mol. The maximum absolute atomic E-state index is 15.0. The molecule has 0 saturated heterocycles. The van der Waals surface area contributed by atoms with Crippen LogP contribution in [-0.4, -0.2) is 29.6 Å². The van der Waals surface area contributed by atoms with E-state index in [4.69, 9.17) is 4.74 Å². The Morgan fingerprint density at radius 3 is 2.38 bits per heavy atom. The van der Waals surface area contributed by atoms with E-state index in [1.165, 1.54) is 35.0 Å². The third-order valence-corrected chi connectivity index (χ3v) is 5.90. The molecule has 4 rings (SSSR count). The lowest BCUT2D eigenvalue weighted by Gasteiger charge is -2.26. The minimum absolute atomic E-state index is 0.00850. The van der Waals surface area contributed by atoms with Crippen LogP contribution in [0.25, 0.3) is 11.3 Å². The molecule has 3 aromatic rings. The lowest BCUT2D eigenvalue weighted by molar-refractivity contribution is -0.137. The van der Waals surface area contributed by atoms with Gasteiger partial charge in [-0.1, -0.05) is 17.7 Å². The zero-order valence-electron chi connectivity index (χ0n) is 18.8. The van der Waals surface area contributed by atoms with Crippen molar-refractivity contribution in [3.05, 3.63) is 99.2 Å². The number of ether oxygens (including phenoxy) is 1. The first-order chi connectivity index (χ1) is 16.1. The Morgan fingerprint density at radius 2 is 1.76 bits per heavy atom. The summed E-state index contributed by atoms with van der Waals surface area (Å²) in [6.07, 6.45) is -2.15. The van der Waals surface area contributed by atoms with Crippen LogP contribution in [0.5, 0.6) is 5.75 Å². The number of aromatic nitrogens is 1. The number of alkyl halides is 3. The predicted octanol–water partition coefficient (Wildman–Crippen LogP) is 5.68. The second kappa shape index (κ2) is 9.46. The molecule has 4 nitrogen and oxygen atoms in total. The van der Waals surface area contributed by atoms with E-state index in [0.717, 1.165) is 42.8 Å². The maximum Gasteiger partial charge on any atom is 0.416 e. The molecule has 178 valence electrons. The molecule has 0 N–H and O–H groups in total. The smallest absolute Gasteiger partial charge is 0.416 e. The molecular formula is C26H24F4N2O2. The van der Waals surface area contributed by atoms with Crippen LogP contribution >= 0.6 is 0 Å². The van der Waals surface area contributed by atoms with E-state index < -0.39 is 17.3 Å². The number of halogens is 4. The standard InChI is InChI=1S/C26H24F4N2O2/c1-17-15-31(2)11-10-22(17)23-8-7-20(13-24(23)27)32-12-9-21(14-25(32)33)34-16-18-3-5-19(6-4-18)26(28,29)30/h3-9,12-14H,10-11,15-16H2,1-2H3. The molecule has 1 aliphatic heterocycles. The normalized spacial score (nSPS) is 15.0. The quantitative estimate of drug-likeness (QED) is 0.448. The average Bonchev–Trinajstić information content (AvgIpc) is 2.78. The Labute approximate surface area is 194 Å². The number of pyridine rings is 1. The molecule has 0 aliphatic carbocycles. The summed E-state index contributed by atoms with van der Waals surface area (Å²) in [5.74, 6) is -0.115. The van der Waals surface area contributed by atoms with E-state index in [0.29, 0.717) is 16.8 Å². The molecule has 34 heavy (non-hydrogen) atoms.